The number of halogens is 1. The average Bonchev–Trinajstić information content (AvgIpc) is 3.21. The lowest BCUT2D eigenvalue weighted by molar-refractivity contribution is -0.116. The SMILES string of the molecule is CN=C(NCCC(=O)Nc1cccc(C)n1)NC1CCN(c2ccccc2OC)C1.I. The van der Waals surface area contributed by atoms with Gasteiger partial charge in [0.1, 0.15) is 11.6 Å². The third kappa shape index (κ3) is 7.27. The molecule has 1 amide bonds. The van der Waals surface area contributed by atoms with E-state index in [0.29, 0.717) is 24.7 Å². The third-order valence-corrected chi connectivity index (χ3v) is 4.98. The molecule has 31 heavy (non-hydrogen) atoms. The number of aromatic nitrogens is 1. The highest BCUT2D eigenvalue weighted by Gasteiger charge is 2.25. The Hall–Kier alpha value is -2.56. The monoisotopic (exact) mass is 538 g/mol. The van der Waals surface area contributed by atoms with Crippen molar-refractivity contribution in [3.8, 4) is 5.75 Å². The molecule has 1 saturated heterocycles. The first-order valence-corrected chi connectivity index (χ1v) is 10.2. The largest absolute Gasteiger partial charge is 0.495 e. The van der Waals surface area contributed by atoms with Crippen LogP contribution in [0.1, 0.15) is 18.5 Å². The fraction of sp³-hybridized carbons (Fsp3) is 0.409. The van der Waals surface area contributed by atoms with Crippen LogP contribution in [0, 0.1) is 6.92 Å². The van der Waals surface area contributed by atoms with Gasteiger partial charge in [-0.2, -0.15) is 0 Å². The fourth-order valence-electron chi connectivity index (χ4n) is 3.49. The number of aliphatic imine (C=N–C) groups is 1. The number of rotatable bonds is 7. The molecular weight excluding hydrogens is 507 g/mol. The summed E-state index contributed by atoms with van der Waals surface area (Å²) in [4.78, 5) is 23.0. The second-order valence-corrected chi connectivity index (χ2v) is 7.21. The number of carbonyl (C=O) groups is 1. The van der Waals surface area contributed by atoms with E-state index in [-0.39, 0.29) is 35.9 Å². The zero-order chi connectivity index (χ0) is 21.3. The predicted octanol–water partition coefficient (Wildman–Crippen LogP) is 2.79. The van der Waals surface area contributed by atoms with Crippen molar-refractivity contribution in [2.75, 3.05) is 44.0 Å². The van der Waals surface area contributed by atoms with Gasteiger partial charge in [-0.25, -0.2) is 4.98 Å². The number of hydrogen-bond acceptors (Lipinski definition) is 5. The lowest BCUT2D eigenvalue weighted by atomic mass is 10.2. The summed E-state index contributed by atoms with van der Waals surface area (Å²) >= 11 is 0. The van der Waals surface area contributed by atoms with Gasteiger partial charge in [-0.1, -0.05) is 18.2 Å². The summed E-state index contributed by atoms with van der Waals surface area (Å²) < 4.78 is 5.48. The van der Waals surface area contributed by atoms with Gasteiger partial charge in [-0.05, 0) is 37.6 Å². The number of amides is 1. The molecule has 1 fully saturated rings. The van der Waals surface area contributed by atoms with Crippen LogP contribution in [0.15, 0.2) is 47.5 Å². The van der Waals surface area contributed by atoms with E-state index in [9.17, 15) is 4.79 Å². The zero-order valence-corrected chi connectivity index (χ0v) is 20.6. The molecule has 8 nitrogen and oxygen atoms in total. The van der Waals surface area contributed by atoms with Crippen molar-refractivity contribution in [2.45, 2.75) is 25.8 Å². The first-order valence-electron chi connectivity index (χ1n) is 10.2. The molecule has 3 rings (SSSR count). The van der Waals surface area contributed by atoms with Crippen LogP contribution >= 0.6 is 24.0 Å². The minimum absolute atomic E-state index is 0. The second kappa shape index (κ2) is 12.3. The molecular formula is C22H31IN6O2. The van der Waals surface area contributed by atoms with Gasteiger partial charge in [-0.15, -0.1) is 24.0 Å². The summed E-state index contributed by atoms with van der Waals surface area (Å²) in [5, 5.41) is 9.48. The number of hydrogen-bond donors (Lipinski definition) is 3. The molecule has 9 heteroatoms. The molecule has 1 aliphatic heterocycles. The summed E-state index contributed by atoms with van der Waals surface area (Å²) in [6, 6.07) is 13.9. The van der Waals surface area contributed by atoms with Gasteiger partial charge in [0.2, 0.25) is 5.91 Å². The quantitative estimate of drug-likeness (QED) is 0.286. The maximum absolute atomic E-state index is 12.1. The van der Waals surface area contributed by atoms with Crippen LogP contribution in [0.2, 0.25) is 0 Å². The molecule has 1 aliphatic rings. The van der Waals surface area contributed by atoms with Crippen LogP contribution < -0.4 is 25.6 Å². The maximum atomic E-state index is 12.1. The summed E-state index contributed by atoms with van der Waals surface area (Å²) in [6.07, 6.45) is 1.33. The van der Waals surface area contributed by atoms with Gasteiger partial charge in [0, 0.05) is 44.8 Å². The van der Waals surface area contributed by atoms with Crippen LogP contribution in [0.5, 0.6) is 5.75 Å². The van der Waals surface area contributed by atoms with Gasteiger partial charge in [0.25, 0.3) is 0 Å². The Morgan fingerprint density at radius 2 is 2.06 bits per heavy atom. The number of aryl methyl sites for hydroxylation is 1. The van der Waals surface area contributed by atoms with Crippen molar-refractivity contribution in [3.63, 3.8) is 0 Å². The molecule has 2 aromatic rings. The lowest BCUT2D eigenvalue weighted by Crippen LogP contribution is -2.45. The predicted molar refractivity (Wildman–Crippen MR) is 136 cm³/mol. The van der Waals surface area contributed by atoms with Crippen molar-refractivity contribution in [2.24, 2.45) is 4.99 Å². The first kappa shape index (κ1) is 24.7. The summed E-state index contributed by atoms with van der Waals surface area (Å²) in [5.74, 6) is 2.07. The Kier molecular flexibility index (Phi) is 9.83. The first-order chi connectivity index (χ1) is 14.6. The van der Waals surface area contributed by atoms with Gasteiger partial charge < -0.3 is 25.6 Å². The van der Waals surface area contributed by atoms with E-state index < -0.39 is 0 Å². The molecule has 0 saturated carbocycles. The number of methoxy groups -OCH3 is 1. The van der Waals surface area contributed by atoms with E-state index >= 15 is 0 Å². The van der Waals surface area contributed by atoms with Crippen molar-refractivity contribution < 1.29 is 9.53 Å². The van der Waals surface area contributed by atoms with Crippen LogP contribution in [0.25, 0.3) is 0 Å². The molecule has 1 aromatic carbocycles. The Bertz CT molecular complexity index is 892. The number of carbonyl (C=O) groups excluding carboxylic acids is 1. The van der Waals surface area contributed by atoms with Gasteiger partial charge in [-0.3, -0.25) is 9.79 Å². The number of pyridine rings is 1. The summed E-state index contributed by atoms with van der Waals surface area (Å²) in [6.45, 7) is 4.19. The number of ether oxygens (including phenoxy) is 1. The van der Waals surface area contributed by atoms with Gasteiger partial charge in [0.05, 0.1) is 12.8 Å². The molecule has 1 unspecified atom stereocenters. The van der Waals surface area contributed by atoms with E-state index in [0.717, 1.165) is 36.6 Å². The molecule has 0 spiro atoms. The topological polar surface area (TPSA) is 90.9 Å². The van der Waals surface area contributed by atoms with Crippen LogP contribution in [0.4, 0.5) is 11.5 Å². The van der Waals surface area contributed by atoms with E-state index in [1.54, 1.807) is 20.2 Å². The highest BCUT2D eigenvalue weighted by molar-refractivity contribution is 14.0. The lowest BCUT2D eigenvalue weighted by Gasteiger charge is -2.22. The molecule has 0 bridgehead atoms. The van der Waals surface area contributed by atoms with Crippen molar-refractivity contribution >= 4 is 47.3 Å². The molecule has 1 atom stereocenters. The van der Waals surface area contributed by atoms with Crippen LogP contribution in [0.3, 0.4) is 0 Å². The normalized spacial score (nSPS) is 15.8. The number of benzene rings is 1. The van der Waals surface area contributed by atoms with E-state index in [1.165, 1.54) is 0 Å². The molecule has 168 valence electrons. The Balaban J connectivity index is 0.00000341. The van der Waals surface area contributed by atoms with E-state index in [2.05, 4.69) is 36.9 Å². The Morgan fingerprint density at radius 1 is 1.26 bits per heavy atom. The number of guanidine groups is 1. The Labute approximate surface area is 200 Å². The van der Waals surface area contributed by atoms with Crippen molar-refractivity contribution in [1.82, 2.24) is 15.6 Å². The van der Waals surface area contributed by atoms with Gasteiger partial charge >= 0.3 is 0 Å². The van der Waals surface area contributed by atoms with Crippen molar-refractivity contribution in [1.29, 1.82) is 0 Å². The minimum Gasteiger partial charge on any atom is -0.495 e. The maximum Gasteiger partial charge on any atom is 0.227 e. The minimum atomic E-state index is -0.0840. The molecule has 0 radical (unpaired) electrons. The number of anilines is 2. The van der Waals surface area contributed by atoms with Crippen molar-refractivity contribution in [3.05, 3.63) is 48.2 Å². The smallest absolute Gasteiger partial charge is 0.227 e. The average molecular weight is 538 g/mol. The van der Waals surface area contributed by atoms with Crippen LogP contribution in [-0.2, 0) is 4.79 Å². The third-order valence-electron chi connectivity index (χ3n) is 4.98. The zero-order valence-electron chi connectivity index (χ0n) is 18.2. The van der Waals surface area contributed by atoms with Gasteiger partial charge in [0.15, 0.2) is 5.96 Å². The number of nitrogens with one attached hydrogen (secondary N) is 3. The van der Waals surface area contributed by atoms with Crippen LogP contribution in [-0.4, -0.2) is 56.7 Å². The standard InChI is InChI=1S/C22H30N6O2.HI/c1-16-7-6-10-20(25-16)27-21(29)11-13-24-22(23-2)26-17-12-14-28(15-17)18-8-4-5-9-19(18)30-3;/h4-10,17H,11-15H2,1-3H3,(H2,23,24,26)(H,25,27,29);1H. The number of para-hydroxylation sites is 2. The molecule has 2 heterocycles. The summed E-state index contributed by atoms with van der Waals surface area (Å²) in [7, 11) is 3.43. The molecule has 0 aliphatic carbocycles. The molecule has 3 N–H and O–H groups in total. The van der Waals surface area contributed by atoms with E-state index in [1.807, 2.05) is 37.3 Å². The van der Waals surface area contributed by atoms with E-state index in [4.69, 9.17) is 4.74 Å². The Morgan fingerprint density at radius 3 is 2.81 bits per heavy atom. The molecule has 1 aromatic heterocycles. The number of nitrogens with zero attached hydrogens (tertiary/aromatic N) is 3. The fourth-order valence-corrected chi connectivity index (χ4v) is 3.49. The highest BCUT2D eigenvalue weighted by atomic mass is 127. The summed E-state index contributed by atoms with van der Waals surface area (Å²) in [5.41, 5.74) is 1.97. The second-order valence-electron chi connectivity index (χ2n) is 7.21. The highest BCUT2D eigenvalue weighted by Crippen LogP contribution is 2.30.